The molecule has 0 aliphatic carbocycles. The maximum atomic E-state index is 3.69. The third-order valence-electron chi connectivity index (χ3n) is 0. The van der Waals surface area contributed by atoms with Gasteiger partial charge in [0.05, 0.1) is 0 Å². The first-order valence-electron chi connectivity index (χ1n) is 0.827. The van der Waals surface area contributed by atoms with E-state index in [0.717, 1.165) is 0 Å². The molecule has 0 rings (SSSR count). The van der Waals surface area contributed by atoms with E-state index < -0.39 is 0 Å². The zero-order chi connectivity index (χ0) is 4.00. The fourth-order valence-corrected chi connectivity index (χ4v) is 0. The topological polar surface area (TPSA) is 0 Å². The zero-order valence-corrected chi connectivity index (χ0v) is 4.97. The Labute approximate surface area is 42.1 Å². The number of rotatable bonds is 0. The van der Waals surface area contributed by atoms with Crippen LogP contribution in [0, 0.1) is 6.92 Å². The summed E-state index contributed by atoms with van der Waals surface area (Å²) in [6.07, 6.45) is 0. The molecule has 0 fully saturated rings. The van der Waals surface area contributed by atoms with Crippen LogP contribution in [0.4, 0.5) is 0 Å². The average Bonchev–Trinajstić information content (AvgIpc) is 1.50. The molecule has 0 N–H and O–H groups in total. The molecule has 0 aromatic carbocycles. The number of hydrogen-bond acceptors (Lipinski definition) is 0. The van der Waals surface area contributed by atoms with E-state index in [1.54, 1.807) is 6.92 Å². The zero-order valence-electron chi connectivity index (χ0n) is 2.40. The van der Waals surface area contributed by atoms with Crippen LogP contribution in [0.1, 0.15) is 6.92 Å². The van der Waals surface area contributed by atoms with E-state index in [4.69, 9.17) is 0 Å². The third kappa shape index (κ3) is 12.2. The van der Waals surface area contributed by atoms with Gasteiger partial charge in [-0.3, -0.25) is 0 Å². The molecule has 0 aliphatic rings. The van der Waals surface area contributed by atoms with Crippen molar-refractivity contribution < 1.29 is 13.7 Å². The van der Waals surface area contributed by atoms with Crippen LogP contribution in [-0.2, 0) is 13.7 Å². The van der Waals surface area contributed by atoms with E-state index in [0.29, 0.717) is 0 Å². The summed E-state index contributed by atoms with van der Waals surface area (Å²) in [5, 5.41) is 0. The Morgan fingerprint density at radius 2 is 1.50 bits per heavy atom. The summed E-state index contributed by atoms with van der Waals surface area (Å²) < 4.78 is 0. The first-order valence-corrected chi connectivity index (χ1v) is 3.27. The van der Waals surface area contributed by atoms with Crippen LogP contribution in [-0.4, -0.2) is 0 Å². The molecule has 0 nitrogen and oxygen atoms in total. The first kappa shape index (κ1) is 8.88. The minimum absolute atomic E-state index is 1.75. The molecule has 0 aromatic heterocycles. The van der Waals surface area contributed by atoms with Crippen molar-refractivity contribution in [1.82, 2.24) is 0 Å². The molecule has 0 amide bonds. The Hall–Kier alpha value is 0.974. The van der Waals surface area contributed by atoms with E-state index in [1.165, 1.54) is 0 Å². The van der Waals surface area contributed by atoms with Crippen LogP contribution in [0.5, 0.6) is 0 Å². The van der Waals surface area contributed by atoms with Gasteiger partial charge < -0.3 is 6.92 Å². The average molecular weight is 168 g/mol. The van der Waals surface area contributed by atoms with Crippen LogP contribution in [0.15, 0.2) is 0 Å². The number of hydrogen-bond donors (Lipinski definition) is 0. The van der Waals surface area contributed by atoms with Crippen molar-refractivity contribution in [2.24, 2.45) is 0 Å². The van der Waals surface area contributed by atoms with Crippen LogP contribution < -0.4 is 0 Å². The predicted octanol–water partition coefficient (Wildman–Crippen LogP) is 1.68. The molecule has 0 aliphatic heterocycles. The fourth-order valence-electron chi connectivity index (χ4n) is 0. The molecule has 0 aromatic rings. The normalized spacial score (nSPS) is 3.25. The predicted molar refractivity (Wildman–Crippen MR) is 20.0 cm³/mol. The van der Waals surface area contributed by atoms with E-state index >= 15 is 0 Å². The molecule has 0 radical (unpaired) electrons. The Morgan fingerprint density at radius 1 is 1.50 bits per heavy atom. The summed E-state index contributed by atoms with van der Waals surface area (Å²) in [6.45, 7) is 5.00. The quantitative estimate of drug-likeness (QED) is 0.381. The summed E-state index contributed by atoms with van der Waals surface area (Å²) in [6, 6.07) is 0. The third-order valence-corrected chi connectivity index (χ3v) is 0. The molecule has 0 bridgehead atoms. The molecule has 0 heterocycles. The van der Waals surface area contributed by atoms with Gasteiger partial charge in [-0.25, -0.2) is 0 Å². The fraction of sp³-hybridized carbons (Fsp3) is 0.500. The number of halogens is 1. The molecule has 0 spiro atoms. The second kappa shape index (κ2) is 37.1. The molecule has 0 unspecified atom stereocenters. The van der Waals surface area contributed by atoms with Gasteiger partial charge in [0.2, 0.25) is 0 Å². The molecule has 0 saturated heterocycles. The van der Waals surface area contributed by atoms with Gasteiger partial charge in [0.1, 0.15) is 0 Å². The van der Waals surface area contributed by atoms with Crippen molar-refractivity contribution >= 4 is 14.2 Å². The summed E-state index contributed by atoms with van der Waals surface area (Å²) in [5.74, 6) is 0. The van der Waals surface area contributed by atoms with Crippen LogP contribution >= 0.6 is 14.2 Å². The van der Waals surface area contributed by atoms with Crippen molar-refractivity contribution in [2.75, 3.05) is 0 Å². The van der Waals surface area contributed by atoms with Crippen molar-refractivity contribution in [3.05, 3.63) is 6.92 Å². The summed E-state index contributed by atoms with van der Waals surface area (Å²) in [5.41, 5.74) is 0. The molecule has 4 heavy (non-hydrogen) atoms. The Morgan fingerprint density at radius 3 is 1.50 bits per heavy atom. The minimum atomic E-state index is 1.75. The Balaban J connectivity index is 0. The molecular formula is C2H5BrNi-. The molecule has 0 atom stereocenters. The monoisotopic (exact) mass is 166 g/mol. The van der Waals surface area contributed by atoms with Gasteiger partial charge in [-0.15, -0.1) is 0 Å². The molecule has 2 heteroatoms. The van der Waals surface area contributed by atoms with Gasteiger partial charge in [-0.05, 0) is 0 Å². The van der Waals surface area contributed by atoms with Crippen LogP contribution in [0.25, 0.3) is 0 Å². The van der Waals surface area contributed by atoms with Gasteiger partial charge in [0.15, 0.2) is 0 Å². The van der Waals surface area contributed by atoms with Crippen molar-refractivity contribution in [3.63, 3.8) is 0 Å². The summed E-state index contributed by atoms with van der Waals surface area (Å²) in [7, 11) is 0. The van der Waals surface area contributed by atoms with E-state index in [2.05, 4.69) is 34.8 Å². The summed E-state index contributed by atoms with van der Waals surface area (Å²) >= 11 is 6.25. The second-order valence-electron chi connectivity index (χ2n) is 0. The van der Waals surface area contributed by atoms with Crippen molar-refractivity contribution in [2.45, 2.75) is 6.92 Å². The van der Waals surface area contributed by atoms with Crippen LogP contribution in [0.3, 0.4) is 0 Å². The molecular weight excluding hydrogens is 163 g/mol. The van der Waals surface area contributed by atoms with E-state index in [1.807, 2.05) is 0 Å². The first-order chi connectivity index (χ1) is 2.00. The maximum absolute atomic E-state index is 3.69. The summed E-state index contributed by atoms with van der Waals surface area (Å²) in [4.78, 5) is 0. The van der Waals surface area contributed by atoms with Gasteiger partial charge in [0.25, 0.3) is 0 Å². The van der Waals surface area contributed by atoms with Gasteiger partial charge in [-0.1, -0.05) is 0 Å². The van der Waals surface area contributed by atoms with Crippen molar-refractivity contribution in [1.29, 1.82) is 0 Å². The second-order valence-corrected chi connectivity index (χ2v) is 0. The molecule has 31 valence electrons. The Kier molecular flexibility index (Phi) is 82.3. The van der Waals surface area contributed by atoms with E-state index in [9.17, 15) is 0 Å². The van der Waals surface area contributed by atoms with E-state index in [-0.39, 0.29) is 0 Å². The van der Waals surface area contributed by atoms with Gasteiger partial charge >= 0.3 is 27.9 Å². The van der Waals surface area contributed by atoms with Gasteiger partial charge in [-0.2, -0.15) is 6.92 Å². The SMILES string of the molecule is [CH2-]C.[Ni][Br]. The molecule has 0 saturated carbocycles. The Bertz CT molecular complexity index is 6.00. The standard InChI is InChI=1S/C2H5.BrH.Ni/c1-2;;/h1H2,2H3;1H;/q-1;;+1/p-1. The van der Waals surface area contributed by atoms with Crippen molar-refractivity contribution in [3.8, 4) is 0 Å². The van der Waals surface area contributed by atoms with Gasteiger partial charge in [0, 0.05) is 0 Å². The van der Waals surface area contributed by atoms with Crippen LogP contribution in [0.2, 0.25) is 0 Å².